The van der Waals surface area contributed by atoms with Crippen LogP contribution in [-0.4, -0.2) is 53.2 Å². The van der Waals surface area contributed by atoms with E-state index in [0.717, 1.165) is 42.5 Å². The van der Waals surface area contributed by atoms with Crippen molar-refractivity contribution in [3.63, 3.8) is 0 Å². The SMILES string of the molecule is CC(C)(C)OC(=O)NC1CCN(CC(=O)Nc2c[nH]c3ccccc23)CC1. The van der Waals surface area contributed by atoms with E-state index in [1.165, 1.54) is 0 Å². The summed E-state index contributed by atoms with van der Waals surface area (Å²) in [6.07, 6.45) is 3.05. The van der Waals surface area contributed by atoms with E-state index in [9.17, 15) is 9.59 Å². The molecule has 0 atom stereocenters. The van der Waals surface area contributed by atoms with Crippen molar-refractivity contribution in [3.8, 4) is 0 Å². The number of piperidine rings is 1. The van der Waals surface area contributed by atoms with Crippen LogP contribution in [0.3, 0.4) is 0 Å². The van der Waals surface area contributed by atoms with Gasteiger partial charge in [0.2, 0.25) is 5.91 Å². The highest BCUT2D eigenvalue weighted by Crippen LogP contribution is 2.22. The number of carbonyl (C=O) groups excluding carboxylic acids is 2. The van der Waals surface area contributed by atoms with Gasteiger partial charge in [0, 0.05) is 36.2 Å². The number of para-hydroxylation sites is 1. The van der Waals surface area contributed by atoms with Crippen molar-refractivity contribution in [1.82, 2.24) is 15.2 Å². The second kappa shape index (κ2) is 8.00. The number of alkyl carbamates (subject to hydrolysis) is 1. The van der Waals surface area contributed by atoms with Gasteiger partial charge in [-0.15, -0.1) is 0 Å². The highest BCUT2D eigenvalue weighted by Gasteiger charge is 2.24. The number of nitrogens with zero attached hydrogens (tertiary/aromatic N) is 1. The smallest absolute Gasteiger partial charge is 0.407 e. The lowest BCUT2D eigenvalue weighted by Gasteiger charge is -2.32. The molecule has 1 aromatic carbocycles. The summed E-state index contributed by atoms with van der Waals surface area (Å²) in [7, 11) is 0. The number of carbonyl (C=O) groups is 2. The molecule has 146 valence electrons. The van der Waals surface area contributed by atoms with Crippen LogP contribution < -0.4 is 10.6 Å². The maximum Gasteiger partial charge on any atom is 0.407 e. The van der Waals surface area contributed by atoms with Crippen molar-refractivity contribution in [3.05, 3.63) is 30.5 Å². The molecule has 1 aliphatic rings. The van der Waals surface area contributed by atoms with E-state index in [2.05, 4.69) is 20.5 Å². The first-order valence-corrected chi connectivity index (χ1v) is 9.38. The maximum absolute atomic E-state index is 12.4. The largest absolute Gasteiger partial charge is 0.444 e. The van der Waals surface area contributed by atoms with Crippen molar-refractivity contribution in [1.29, 1.82) is 0 Å². The quantitative estimate of drug-likeness (QED) is 0.770. The Kier molecular flexibility index (Phi) is 5.70. The third-order valence-corrected chi connectivity index (χ3v) is 4.54. The second-order valence-electron chi connectivity index (χ2n) is 7.99. The number of H-pyrrole nitrogens is 1. The Labute approximate surface area is 159 Å². The maximum atomic E-state index is 12.4. The van der Waals surface area contributed by atoms with Gasteiger partial charge in [0.05, 0.1) is 12.2 Å². The van der Waals surface area contributed by atoms with Gasteiger partial charge in [-0.3, -0.25) is 9.69 Å². The Morgan fingerprint density at radius 2 is 1.93 bits per heavy atom. The van der Waals surface area contributed by atoms with Gasteiger partial charge in [0.25, 0.3) is 0 Å². The molecule has 27 heavy (non-hydrogen) atoms. The average molecular weight is 372 g/mol. The minimum atomic E-state index is -0.495. The fourth-order valence-electron chi connectivity index (χ4n) is 3.28. The van der Waals surface area contributed by atoms with Crippen LogP contribution >= 0.6 is 0 Å². The van der Waals surface area contributed by atoms with Crippen molar-refractivity contribution in [2.24, 2.45) is 0 Å². The monoisotopic (exact) mass is 372 g/mol. The molecular formula is C20H28N4O3. The van der Waals surface area contributed by atoms with Gasteiger partial charge in [0.1, 0.15) is 5.60 Å². The molecule has 3 N–H and O–H groups in total. The summed E-state index contributed by atoms with van der Waals surface area (Å²) in [5.41, 5.74) is 1.31. The zero-order valence-corrected chi connectivity index (χ0v) is 16.2. The first kappa shape index (κ1) is 19.2. The highest BCUT2D eigenvalue weighted by atomic mass is 16.6. The summed E-state index contributed by atoms with van der Waals surface area (Å²) in [5.74, 6) is -0.0293. The summed E-state index contributed by atoms with van der Waals surface area (Å²) in [5, 5.41) is 6.90. The summed E-state index contributed by atoms with van der Waals surface area (Å²) in [4.78, 5) is 29.5. The topological polar surface area (TPSA) is 86.5 Å². The normalized spacial score (nSPS) is 16.3. The first-order chi connectivity index (χ1) is 12.8. The fourth-order valence-corrected chi connectivity index (χ4v) is 3.28. The van der Waals surface area contributed by atoms with E-state index in [4.69, 9.17) is 4.74 Å². The number of anilines is 1. The molecule has 0 aliphatic carbocycles. The van der Waals surface area contributed by atoms with E-state index in [0.29, 0.717) is 6.54 Å². The van der Waals surface area contributed by atoms with Crippen molar-refractivity contribution >= 4 is 28.6 Å². The number of amides is 2. The fraction of sp³-hybridized carbons (Fsp3) is 0.500. The van der Waals surface area contributed by atoms with Crippen molar-refractivity contribution < 1.29 is 14.3 Å². The number of hydrogen-bond acceptors (Lipinski definition) is 4. The number of rotatable bonds is 4. The van der Waals surface area contributed by atoms with Crippen LogP contribution in [0.15, 0.2) is 30.5 Å². The number of likely N-dealkylation sites (tertiary alicyclic amines) is 1. The van der Waals surface area contributed by atoms with Gasteiger partial charge >= 0.3 is 6.09 Å². The van der Waals surface area contributed by atoms with Gasteiger partial charge in [-0.1, -0.05) is 18.2 Å². The molecule has 2 heterocycles. The average Bonchev–Trinajstić information content (AvgIpc) is 2.98. The molecule has 7 nitrogen and oxygen atoms in total. The summed E-state index contributed by atoms with van der Waals surface area (Å²) < 4.78 is 5.29. The molecule has 0 bridgehead atoms. The van der Waals surface area contributed by atoms with Crippen LogP contribution in [0.4, 0.5) is 10.5 Å². The number of benzene rings is 1. The zero-order valence-electron chi connectivity index (χ0n) is 16.2. The van der Waals surface area contributed by atoms with Crippen LogP contribution in [0.5, 0.6) is 0 Å². The first-order valence-electron chi connectivity index (χ1n) is 9.38. The number of aromatic nitrogens is 1. The van der Waals surface area contributed by atoms with Crippen molar-refractivity contribution in [2.45, 2.75) is 45.3 Å². The number of nitrogens with one attached hydrogen (secondary N) is 3. The Morgan fingerprint density at radius 3 is 2.63 bits per heavy atom. The minimum absolute atomic E-state index is 0.0293. The third-order valence-electron chi connectivity index (χ3n) is 4.54. The standard InChI is InChI=1S/C20H28N4O3/c1-20(2,3)27-19(26)22-14-8-10-24(11-9-14)13-18(25)23-17-12-21-16-7-5-4-6-15(16)17/h4-7,12,14,21H,8-11,13H2,1-3H3,(H,22,26)(H,23,25). The molecule has 7 heteroatoms. The minimum Gasteiger partial charge on any atom is -0.444 e. The highest BCUT2D eigenvalue weighted by molar-refractivity contribution is 6.02. The van der Waals surface area contributed by atoms with Crippen LogP contribution in [0.25, 0.3) is 10.9 Å². The Hall–Kier alpha value is -2.54. The summed E-state index contributed by atoms with van der Waals surface area (Å²) in [6, 6.07) is 7.96. The molecule has 2 amide bonds. The van der Waals surface area contributed by atoms with E-state index >= 15 is 0 Å². The van der Waals surface area contributed by atoms with Gasteiger partial charge in [-0.05, 0) is 39.7 Å². The summed E-state index contributed by atoms with van der Waals surface area (Å²) in [6.45, 7) is 7.42. The van der Waals surface area contributed by atoms with E-state index < -0.39 is 5.60 Å². The van der Waals surface area contributed by atoms with Gasteiger partial charge in [0.15, 0.2) is 0 Å². The second-order valence-corrected chi connectivity index (χ2v) is 7.99. The molecule has 0 saturated carbocycles. The number of fused-ring (bicyclic) bond motifs is 1. The van der Waals surface area contributed by atoms with Crippen molar-refractivity contribution in [2.75, 3.05) is 25.0 Å². The Bertz CT molecular complexity index is 801. The molecule has 0 spiro atoms. The molecule has 0 unspecified atom stereocenters. The van der Waals surface area contributed by atoms with Crippen LogP contribution in [-0.2, 0) is 9.53 Å². The van der Waals surface area contributed by atoms with Gasteiger partial charge in [-0.25, -0.2) is 4.79 Å². The van der Waals surface area contributed by atoms with E-state index in [1.807, 2.05) is 51.2 Å². The lowest BCUT2D eigenvalue weighted by molar-refractivity contribution is -0.117. The van der Waals surface area contributed by atoms with E-state index in [1.54, 1.807) is 0 Å². The predicted octanol–water partition coefficient (Wildman–Crippen LogP) is 3.10. The molecule has 3 rings (SSSR count). The van der Waals surface area contributed by atoms with E-state index in [-0.39, 0.29) is 18.0 Å². The lowest BCUT2D eigenvalue weighted by Crippen LogP contribution is -2.47. The molecular weight excluding hydrogens is 344 g/mol. The van der Waals surface area contributed by atoms with Crippen LogP contribution in [0.2, 0.25) is 0 Å². The molecule has 2 aromatic rings. The molecule has 0 radical (unpaired) electrons. The zero-order chi connectivity index (χ0) is 19.4. The third kappa shape index (κ3) is 5.47. The number of hydrogen-bond donors (Lipinski definition) is 3. The van der Waals surface area contributed by atoms with Crippen LogP contribution in [0, 0.1) is 0 Å². The Morgan fingerprint density at radius 1 is 1.22 bits per heavy atom. The lowest BCUT2D eigenvalue weighted by atomic mass is 10.1. The predicted molar refractivity (Wildman–Crippen MR) is 106 cm³/mol. The van der Waals surface area contributed by atoms with Crippen LogP contribution in [0.1, 0.15) is 33.6 Å². The molecule has 1 aliphatic heterocycles. The molecule has 1 saturated heterocycles. The van der Waals surface area contributed by atoms with Gasteiger partial charge < -0.3 is 20.4 Å². The number of aromatic amines is 1. The summed E-state index contributed by atoms with van der Waals surface area (Å²) >= 11 is 0. The molecule has 1 aromatic heterocycles. The number of ether oxygens (including phenoxy) is 1. The van der Waals surface area contributed by atoms with Gasteiger partial charge in [-0.2, -0.15) is 0 Å². The Balaban J connectivity index is 1.44. The molecule has 1 fully saturated rings.